The van der Waals surface area contributed by atoms with Gasteiger partial charge in [-0.15, -0.1) is 0 Å². The molecular formula is C17H12ClN3O. The van der Waals surface area contributed by atoms with E-state index in [2.05, 4.69) is 15.3 Å². The van der Waals surface area contributed by atoms with Crippen molar-refractivity contribution < 1.29 is 4.42 Å². The first-order chi connectivity index (χ1) is 10.8. The number of fused-ring (bicyclic) bond motifs is 3. The highest BCUT2D eigenvalue weighted by atomic mass is 35.5. The number of para-hydroxylation sites is 1. The highest BCUT2D eigenvalue weighted by Gasteiger charge is 2.12. The lowest BCUT2D eigenvalue weighted by molar-refractivity contribution is 0.666. The van der Waals surface area contributed by atoms with Gasteiger partial charge in [0.25, 0.3) is 0 Å². The number of halogens is 1. The van der Waals surface area contributed by atoms with Gasteiger partial charge in [-0.3, -0.25) is 0 Å². The number of hydrogen-bond acceptors (Lipinski definition) is 4. The Hall–Kier alpha value is -2.59. The fourth-order valence-electron chi connectivity index (χ4n) is 2.47. The number of aromatic nitrogens is 2. The highest BCUT2D eigenvalue weighted by molar-refractivity contribution is 6.31. The Labute approximate surface area is 131 Å². The summed E-state index contributed by atoms with van der Waals surface area (Å²) in [6.45, 7) is 0.572. The van der Waals surface area contributed by atoms with Crippen molar-refractivity contribution in [2.24, 2.45) is 0 Å². The second-order valence-corrected chi connectivity index (χ2v) is 5.35. The summed E-state index contributed by atoms with van der Waals surface area (Å²) in [5.74, 6) is 0.668. The lowest BCUT2D eigenvalue weighted by Gasteiger charge is -2.07. The van der Waals surface area contributed by atoms with Crippen molar-refractivity contribution >= 4 is 39.5 Å². The minimum Gasteiger partial charge on any atom is -0.450 e. The molecule has 0 aliphatic heterocycles. The number of rotatable bonds is 3. The van der Waals surface area contributed by atoms with E-state index in [4.69, 9.17) is 16.0 Å². The molecule has 22 heavy (non-hydrogen) atoms. The van der Waals surface area contributed by atoms with Gasteiger partial charge in [0, 0.05) is 17.0 Å². The molecule has 2 aromatic heterocycles. The molecule has 0 atom stereocenters. The van der Waals surface area contributed by atoms with Crippen LogP contribution in [0.4, 0.5) is 5.82 Å². The van der Waals surface area contributed by atoms with E-state index >= 15 is 0 Å². The minimum atomic E-state index is 0.572. The third-order valence-electron chi connectivity index (χ3n) is 3.56. The first-order valence-corrected chi connectivity index (χ1v) is 7.30. The SMILES string of the molecule is Clc1ccccc1CNc1ncnc2c1oc1ccccc12. The number of furan rings is 1. The van der Waals surface area contributed by atoms with Crippen molar-refractivity contribution in [1.29, 1.82) is 0 Å². The van der Waals surface area contributed by atoms with Gasteiger partial charge < -0.3 is 9.73 Å². The van der Waals surface area contributed by atoms with Crippen LogP contribution in [0.1, 0.15) is 5.56 Å². The van der Waals surface area contributed by atoms with Crippen LogP contribution in [-0.2, 0) is 6.54 Å². The Balaban J connectivity index is 1.74. The van der Waals surface area contributed by atoms with Crippen molar-refractivity contribution in [1.82, 2.24) is 9.97 Å². The lowest BCUT2D eigenvalue weighted by atomic mass is 10.2. The average molecular weight is 310 g/mol. The van der Waals surface area contributed by atoms with E-state index in [1.807, 2.05) is 48.5 Å². The molecule has 0 spiro atoms. The zero-order valence-electron chi connectivity index (χ0n) is 11.6. The third kappa shape index (κ3) is 2.18. The summed E-state index contributed by atoms with van der Waals surface area (Å²) in [7, 11) is 0. The van der Waals surface area contributed by atoms with E-state index in [-0.39, 0.29) is 0 Å². The van der Waals surface area contributed by atoms with Gasteiger partial charge in [0.1, 0.15) is 17.4 Å². The van der Waals surface area contributed by atoms with Gasteiger partial charge in [-0.2, -0.15) is 0 Å². The second kappa shape index (κ2) is 5.31. The van der Waals surface area contributed by atoms with Crippen LogP contribution < -0.4 is 5.32 Å². The van der Waals surface area contributed by atoms with Crippen LogP contribution in [0.15, 0.2) is 59.3 Å². The molecular weight excluding hydrogens is 298 g/mol. The van der Waals surface area contributed by atoms with Gasteiger partial charge >= 0.3 is 0 Å². The highest BCUT2D eigenvalue weighted by Crippen LogP contribution is 2.30. The fraction of sp³-hybridized carbons (Fsp3) is 0.0588. The summed E-state index contributed by atoms with van der Waals surface area (Å²) >= 11 is 6.18. The topological polar surface area (TPSA) is 51.0 Å². The molecule has 0 fully saturated rings. The first-order valence-electron chi connectivity index (χ1n) is 6.92. The summed E-state index contributed by atoms with van der Waals surface area (Å²) in [5.41, 5.74) is 3.29. The Morgan fingerprint density at radius 1 is 1.00 bits per heavy atom. The van der Waals surface area contributed by atoms with Crippen LogP contribution in [0.5, 0.6) is 0 Å². The Morgan fingerprint density at radius 3 is 2.73 bits per heavy atom. The summed E-state index contributed by atoms with van der Waals surface area (Å²) in [6.07, 6.45) is 1.54. The largest absolute Gasteiger partial charge is 0.450 e. The molecule has 0 saturated carbocycles. The van der Waals surface area contributed by atoms with E-state index in [0.717, 1.165) is 27.1 Å². The lowest BCUT2D eigenvalue weighted by Crippen LogP contribution is -2.02. The molecule has 2 aromatic carbocycles. The quantitative estimate of drug-likeness (QED) is 0.599. The maximum Gasteiger partial charge on any atom is 0.196 e. The predicted octanol–water partition coefficient (Wildman–Crippen LogP) is 4.64. The number of nitrogens with zero attached hydrogens (tertiary/aromatic N) is 2. The Bertz CT molecular complexity index is 964. The predicted molar refractivity (Wildman–Crippen MR) is 88.1 cm³/mol. The average Bonchev–Trinajstić information content (AvgIpc) is 2.93. The summed E-state index contributed by atoms with van der Waals surface area (Å²) in [5, 5.41) is 4.99. The summed E-state index contributed by atoms with van der Waals surface area (Å²) in [4.78, 5) is 8.62. The minimum absolute atomic E-state index is 0.572. The molecule has 0 bridgehead atoms. The molecule has 108 valence electrons. The molecule has 0 saturated heterocycles. The normalized spacial score (nSPS) is 11.1. The Kier molecular flexibility index (Phi) is 3.16. The van der Waals surface area contributed by atoms with E-state index in [0.29, 0.717) is 17.9 Å². The number of nitrogens with one attached hydrogen (secondary N) is 1. The van der Waals surface area contributed by atoms with Gasteiger partial charge in [-0.05, 0) is 23.8 Å². The van der Waals surface area contributed by atoms with Crippen LogP contribution in [0.2, 0.25) is 5.02 Å². The molecule has 0 amide bonds. The van der Waals surface area contributed by atoms with Crippen molar-refractivity contribution in [2.75, 3.05) is 5.32 Å². The van der Waals surface area contributed by atoms with Crippen molar-refractivity contribution in [3.8, 4) is 0 Å². The third-order valence-corrected chi connectivity index (χ3v) is 3.93. The van der Waals surface area contributed by atoms with Crippen LogP contribution in [0.25, 0.3) is 22.1 Å². The van der Waals surface area contributed by atoms with Gasteiger partial charge in [0.05, 0.1) is 0 Å². The monoisotopic (exact) mass is 309 g/mol. The van der Waals surface area contributed by atoms with Gasteiger partial charge in [-0.1, -0.05) is 41.9 Å². The molecule has 1 N–H and O–H groups in total. The Morgan fingerprint density at radius 2 is 1.82 bits per heavy atom. The van der Waals surface area contributed by atoms with E-state index in [9.17, 15) is 0 Å². The molecule has 0 radical (unpaired) electrons. The molecule has 5 heteroatoms. The second-order valence-electron chi connectivity index (χ2n) is 4.94. The number of benzene rings is 2. The van der Waals surface area contributed by atoms with E-state index in [1.165, 1.54) is 0 Å². The molecule has 0 aliphatic carbocycles. The van der Waals surface area contributed by atoms with Crippen LogP contribution >= 0.6 is 11.6 Å². The smallest absolute Gasteiger partial charge is 0.196 e. The molecule has 2 heterocycles. The standard InChI is InChI=1S/C17H12ClN3O/c18-13-7-3-1-5-11(13)9-19-17-16-15(20-10-21-17)12-6-2-4-8-14(12)22-16/h1-8,10H,9H2,(H,19,20,21). The van der Waals surface area contributed by atoms with Crippen LogP contribution in [-0.4, -0.2) is 9.97 Å². The molecule has 4 nitrogen and oxygen atoms in total. The van der Waals surface area contributed by atoms with Crippen molar-refractivity contribution in [2.45, 2.75) is 6.54 Å². The fourth-order valence-corrected chi connectivity index (χ4v) is 2.67. The molecule has 0 unspecified atom stereocenters. The zero-order valence-corrected chi connectivity index (χ0v) is 12.3. The van der Waals surface area contributed by atoms with E-state index < -0.39 is 0 Å². The van der Waals surface area contributed by atoms with E-state index in [1.54, 1.807) is 6.33 Å². The maximum absolute atomic E-state index is 6.18. The zero-order chi connectivity index (χ0) is 14.9. The molecule has 4 aromatic rings. The van der Waals surface area contributed by atoms with Crippen LogP contribution in [0, 0.1) is 0 Å². The number of anilines is 1. The molecule has 0 aliphatic rings. The molecule has 4 rings (SSSR count). The number of hydrogen-bond donors (Lipinski definition) is 1. The maximum atomic E-state index is 6.18. The van der Waals surface area contributed by atoms with Gasteiger partial charge in [0.2, 0.25) is 0 Å². The van der Waals surface area contributed by atoms with Gasteiger partial charge in [-0.25, -0.2) is 9.97 Å². The summed E-state index contributed by atoms with van der Waals surface area (Å²) in [6, 6.07) is 15.5. The van der Waals surface area contributed by atoms with Crippen LogP contribution in [0.3, 0.4) is 0 Å². The summed E-state index contributed by atoms with van der Waals surface area (Å²) < 4.78 is 5.88. The van der Waals surface area contributed by atoms with Gasteiger partial charge in [0.15, 0.2) is 11.4 Å². The van der Waals surface area contributed by atoms with Crippen molar-refractivity contribution in [3.63, 3.8) is 0 Å². The van der Waals surface area contributed by atoms with Crippen molar-refractivity contribution in [3.05, 3.63) is 65.4 Å². The first kappa shape index (κ1) is 13.1.